The first-order chi connectivity index (χ1) is 14.3. The molecule has 160 valence electrons. The molecule has 0 fully saturated rings. The number of aromatic nitrogens is 3. The Balaban J connectivity index is 1.98. The molecule has 2 heterocycles. The number of carbonyl (C=O) groups is 1. The fourth-order valence-corrected chi connectivity index (χ4v) is 4.42. The van der Waals surface area contributed by atoms with Crippen LogP contribution in [0.3, 0.4) is 0 Å². The maximum absolute atomic E-state index is 13.2. The number of nitrogens with one attached hydrogen (secondary N) is 1. The number of ether oxygens (including phenoxy) is 2. The van der Waals surface area contributed by atoms with Gasteiger partial charge in [0.2, 0.25) is 0 Å². The van der Waals surface area contributed by atoms with Gasteiger partial charge in [0.1, 0.15) is 28.2 Å². The minimum atomic E-state index is -0.475. The highest BCUT2D eigenvalue weighted by atomic mass is 32.1. The molecule has 0 saturated carbocycles. The molecule has 1 N–H and O–H groups in total. The molecular formula is C22H28N4O3S. The first-order valence-corrected chi connectivity index (χ1v) is 10.6. The van der Waals surface area contributed by atoms with E-state index in [1.807, 2.05) is 36.9 Å². The van der Waals surface area contributed by atoms with Crippen LogP contribution in [0.2, 0.25) is 0 Å². The van der Waals surface area contributed by atoms with Crippen molar-refractivity contribution in [3.63, 3.8) is 0 Å². The molecule has 1 aromatic carbocycles. The Morgan fingerprint density at radius 3 is 2.40 bits per heavy atom. The number of benzene rings is 1. The van der Waals surface area contributed by atoms with Crippen molar-refractivity contribution in [3.8, 4) is 11.5 Å². The Hall–Kier alpha value is -2.87. The lowest BCUT2D eigenvalue weighted by Gasteiger charge is -2.20. The molecule has 30 heavy (non-hydrogen) atoms. The lowest BCUT2D eigenvalue weighted by Crippen LogP contribution is -2.31. The minimum Gasteiger partial charge on any atom is -0.497 e. The predicted molar refractivity (Wildman–Crippen MR) is 117 cm³/mol. The molecule has 0 saturated heterocycles. The fraction of sp³-hybridized carbons (Fsp3) is 0.409. The fourth-order valence-electron chi connectivity index (χ4n) is 3.24. The summed E-state index contributed by atoms with van der Waals surface area (Å²) in [7, 11) is 5.10. The smallest absolute Gasteiger partial charge is 0.264 e. The second kappa shape index (κ2) is 9.30. The molecule has 0 aliphatic carbocycles. The summed E-state index contributed by atoms with van der Waals surface area (Å²) < 4.78 is 12.7. The third kappa shape index (κ3) is 4.81. The van der Waals surface area contributed by atoms with E-state index in [1.54, 1.807) is 26.5 Å². The highest BCUT2D eigenvalue weighted by Crippen LogP contribution is 2.30. The SMILES string of the molecule is COc1cc(OC)cc(C(NC(=O)c2sc(CC(C)C)nc2C)c2nccn2C)c1. The van der Waals surface area contributed by atoms with E-state index in [0.29, 0.717) is 28.1 Å². The van der Waals surface area contributed by atoms with E-state index >= 15 is 0 Å². The average molecular weight is 429 g/mol. The summed E-state index contributed by atoms with van der Waals surface area (Å²) >= 11 is 1.45. The van der Waals surface area contributed by atoms with Gasteiger partial charge >= 0.3 is 0 Å². The number of amides is 1. The molecular weight excluding hydrogens is 400 g/mol. The van der Waals surface area contributed by atoms with Crippen molar-refractivity contribution in [1.82, 2.24) is 19.9 Å². The molecule has 0 spiro atoms. The second-order valence-electron chi connectivity index (χ2n) is 7.57. The first-order valence-electron chi connectivity index (χ1n) is 9.79. The van der Waals surface area contributed by atoms with Gasteiger partial charge in [0.25, 0.3) is 5.91 Å². The molecule has 1 amide bonds. The predicted octanol–water partition coefficient (Wildman–Crippen LogP) is 3.92. The molecule has 3 aromatic rings. The lowest BCUT2D eigenvalue weighted by molar-refractivity contribution is 0.0944. The molecule has 7 nitrogen and oxygen atoms in total. The Labute approximate surface area is 181 Å². The van der Waals surface area contributed by atoms with Crippen LogP contribution < -0.4 is 14.8 Å². The van der Waals surface area contributed by atoms with E-state index in [9.17, 15) is 4.79 Å². The number of hydrogen-bond acceptors (Lipinski definition) is 6. The van der Waals surface area contributed by atoms with Gasteiger partial charge in [-0.3, -0.25) is 4.79 Å². The normalized spacial score (nSPS) is 12.1. The van der Waals surface area contributed by atoms with Crippen LogP contribution in [-0.4, -0.2) is 34.7 Å². The summed E-state index contributed by atoms with van der Waals surface area (Å²) in [5, 5.41) is 4.12. The summed E-state index contributed by atoms with van der Waals surface area (Å²) in [6.45, 7) is 6.16. The lowest BCUT2D eigenvalue weighted by atomic mass is 10.0. The van der Waals surface area contributed by atoms with Crippen LogP contribution in [0.25, 0.3) is 0 Å². The van der Waals surface area contributed by atoms with Gasteiger partial charge in [0.15, 0.2) is 0 Å². The van der Waals surface area contributed by atoms with Gasteiger partial charge in [-0.05, 0) is 30.5 Å². The van der Waals surface area contributed by atoms with E-state index < -0.39 is 6.04 Å². The van der Waals surface area contributed by atoms with E-state index in [-0.39, 0.29) is 5.91 Å². The Kier molecular flexibility index (Phi) is 6.77. The van der Waals surface area contributed by atoms with Gasteiger partial charge in [0, 0.05) is 31.9 Å². The quantitative estimate of drug-likeness (QED) is 0.588. The monoisotopic (exact) mass is 428 g/mol. The van der Waals surface area contributed by atoms with Gasteiger partial charge in [-0.2, -0.15) is 0 Å². The zero-order valence-corrected chi connectivity index (χ0v) is 19.0. The van der Waals surface area contributed by atoms with Crippen LogP contribution in [0.4, 0.5) is 0 Å². The van der Waals surface area contributed by atoms with Crippen molar-refractivity contribution in [2.45, 2.75) is 33.2 Å². The van der Waals surface area contributed by atoms with Crippen LogP contribution in [0.15, 0.2) is 30.6 Å². The number of imidazole rings is 1. The molecule has 2 aromatic heterocycles. The zero-order chi connectivity index (χ0) is 21.8. The summed E-state index contributed by atoms with van der Waals surface area (Å²) in [5.41, 5.74) is 1.56. The Morgan fingerprint density at radius 1 is 1.20 bits per heavy atom. The number of aryl methyl sites for hydroxylation is 2. The second-order valence-corrected chi connectivity index (χ2v) is 8.65. The van der Waals surface area contributed by atoms with Gasteiger partial charge in [-0.1, -0.05) is 13.8 Å². The van der Waals surface area contributed by atoms with E-state index in [2.05, 4.69) is 29.1 Å². The van der Waals surface area contributed by atoms with Crippen LogP contribution >= 0.6 is 11.3 Å². The summed E-state index contributed by atoms with van der Waals surface area (Å²) in [6.07, 6.45) is 4.42. The van der Waals surface area contributed by atoms with Crippen molar-refractivity contribution >= 4 is 17.2 Å². The number of hydrogen-bond donors (Lipinski definition) is 1. The van der Waals surface area contributed by atoms with Gasteiger partial charge in [-0.25, -0.2) is 9.97 Å². The van der Waals surface area contributed by atoms with Crippen molar-refractivity contribution in [3.05, 3.63) is 57.6 Å². The molecule has 0 radical (unpaired) electrons. The van der Waals surface area contributed by atoms with Crippen molar-refractivity contribution in [1.29, 1.82) is 0 Å². The summed E-state index contributed by atoms with van der Waals surface area (Å²) in [6, 6.07) is 5.08. The van der Waals surface area contributed by atoms with Gasteiger partial charge in [-0.15, -0.1) is 11.3 Å². The van der Waals surface area contributed by atoms with Crippen molar-refractivity contribution < 1.29 is 14.3 Å². The van der Waals surface area contributed by atoms with Crippen LogP contribution in [0, 0.1) is 12.8 Å². The number of rotatable bonds is 8. The summed E-state index contributed by atoms with van der Waals surface area (Å²) in [4.78, 5) is 22.9. The number of methoxy groups -OCH3 is 2. The molecule has 1 atom stereocenters. The van der Waals surface area contributed by atoms with Crippen LogP contribution in [0.1, 0.15) is 51.7 Å². The molecule has 8 heteroatoms. The maximum atomic E-state index is 13.2. The Bertz CT molecular complexity index is 1000. The van der Waals surface area contributed by atoms with Crippen molar-refractivity contribution in [2.75, 3.05) is 14.2 Å². The Morgan fingerprint density at radius 2 is 1.87 bits per heavy atom. The van der Waals surface area contributed by atoms with E-state index in [0.717, 1.165) is 22.7 Å². The van der Waals surface area contributed by atoms with Gasteiger partial charge in [0.05, 0.1) is 24.9 Å². The average Bonchev–Trinajstić information content (AvgIpc) is 3.30. The highest BCUT2D eigenvalue weighted by Gasteiger charge is 2.25. The molecule has 0 bridgehead atoms. The standard InChI is InChI=1S/C22H28N4O3S/c1-13(2)9-18-24-14(3)20(30-18)22(27)25-19(21-23-7-8-26(21)4)15-10-16(28-5)12-17(11-15)29-6/h7-8,10-13,19H,9H2,1-6H3,(H,25,27). The summed E-state index contributed by atoms with van der Waals surface area (Å²) in [5.74, 6) is 2.31. The zero-order valence-electron chi connectivity index (χ0n) is 18.2. The first kappa shape index (κ1) is 21.8. The molecule has 0 aliphatic rings. The largest absolute Gasteiger partial charge is 0.497 e. The topological polar surface area (TPSA) is 78.3 Å². The number of thiazole rings is 1. The van der Waals surface area contributed by atoms with E-state index in [1.165, 1.54) is 11.3 Å². The van der Waals surface area contributed by atoms with Crippen LogP contribution in [0.5, 0.6) is 11.5 Å². The van der Waals surface area contributed by atoms with Crippen molar-refractivity contribution in [2.24, 2.45) is 13.0 Å². The number of carbonyl (C=O) groups excluding carboxylic acids is 1. The van der Waals surface area contributed by atoms with Crippen LogP contribution in [-0.2, 0) is 13.5 Å². The maximum Gasteiger partial charge on any atom is 0.264 e. The third-order valence-corrected chi connectivity index (χ3v) is 5.91. The minimum absolute atomic E-state index is 0.171. The molecule has 3 rings (SSSR count). The molecule has 1 unspecified atom stereocenters. The number of nitrogens with zero attached hydrogens (tertiary/aromatic N) is 3. The third-order valence-electron chi connectivity index (χ3n) is 4.73. The van der Waals surface area contributed by atoms with Gasteiger partial charge < -0.3 is 19.4 Å². The van der Waals surface area contributed by atoms with E-state index in [4.69, 9.17) is 9.47 Å². The molecule has 0 aliphatic heterocycles. The highest BCUT2D eigenvalue weighted by molar-refractivity contribution is 7.13.